The molecule has 194 valence electrons. The highest BCUT2D eigenvalue weighted by atomic mass is 16.2. The van der Waals surface area contributed by atoms with Gasteiger partial charge in [-0.3, -0.25) is 19.6 Å². The first-order chi connectivity index (χ1) is 19.1. The van der Waals surface area contributed by atoms with Crippen molar-refractivity contribution in [3.8, 4) is 22.4 Å². The average molecular weight is 516 g/mol. The molecule has 7 nitrogen and oxygen atoms in total. The summed E-state index contributed by atoms with van der Waals surface area (Å²) in [6.07, 6.45) is 7.76. The fraction of sp³-hybridized carbons (Fsp3) is 0.188. The third-order valence-corrected chi connectivity index (χ3v) is 7.17. The van der Waals surface area contributed by atoms with E-state index in [0.717, 1.165) is 58.5 Å². The van der Waals surface area contributed by atoms with Crippen LogP contribution in [0, 0.1) is 5.92 Å². The summed E-state index contributed by atoms with van der Waals surface area (Å²) >= 11 is 0. The van der Waals surface area contributed by atoms with Gasteiger partial charge in [0.25, 0.3) is 5.91 Å². The molecule has 2 aromatic heterocycles. The molecule has 2 aromatic carbocycles. The van der Waals surface area contributed by atoms with Crippen LogP contribution >= 0.6 is 0 Å². The number of benzene rings is 2. The minimum Gasteiger partial charge on any atom is -0.381 e. The van der Waals surface area contributed by atoms with Gasteiger partial charge >= 0.3 is 0 Å². The van der Waals surface area contributed by atoms with Crippen LogP contribution in [-0.2, 0) is 9.59 Å². The van der Waals surface area contributed by atoms with Crippen molar-refractivity contribution in [2.24, 2.45) is 5.92 Å². The second-order valence-electron chi connectivity index (χ2n) is 9.92. The van der Waals surface area contributed by atoms with Gasteiger partial charge in [-0.1, -0.05) is 43.3 Å². The molecule has 4 aromatic rings. The van der Waals surface area contributed by atoms with Gasteiger partial charge in [-0.15, -0.1) is 0 Å². The molecule has 1 aliphatic heterocycles. The Balaban J connectivity index is 1.27. The van der Waals surface area contributed by atoms with Crippen LogP contribution in [0.3, 0.4) is 0 Å². The highest BCUT2D eigenvalue weighted by Crippen LogP contribution is 2.37. The molecule has 0 atom stereocenters. The van der Waals surface area contributed by atoms with Crippen LogP contribution in [0.15, 0.2) is 90.9 Å². The van der Waals surface area contributed by atoms with E-state index in [1.54, 1.807) is 18.6 Å². The largest absolute Gasteiger partial charge is 0.381 e. The zero-order valence-corrected chi connectivity index (χ0v) is 21.7. The van der Waals surface area contributed by atoms with Crippen LogP contribution in [0.5, 0.6) is 0 Å². The highest BCUT2D eigenvalue weighted by Gasteiger charge is 2.29. The second-order valence-corrected chi connectivity index (χ2v) is 9.92. The van der Waals surface area contributed by atoms with E-state index in [1.165, 1.54) is 0 Å². The molecular weight excluding hydrogens is 486 g/mol. The van der Waals surface area contributed by atoms with Crippen LogP contribution in [-0.4, -0.2) is 28.3 Å². The summed E-state index contributed by atoms with van der Waals surface area (Å²) in [5.41, 5.74) is 8.44. The third-order valence-electron chi connectivity index (χ3n) is 7.17. The average Bonchev–Trinajstić information content (AvgIpc) is 3.83. The number of hydrogen-bond acceptors (Lipinski definition) is 5. The number of amides is 2. The highest BCUT2D eigenvalue weighted by molar-refractivity contribution is 6.28. The molecule has 1 aliphatic carbocycles. The van der Waals surface area contributed by atoms with Crippen molar-refractivity contribution >= 4 is 34.4 Å². The molecule has 6 rings (SSSR count). The molecule has 1 saturated carbocycles. The lowest BCUT2D eigenvalue weighted by Gasteiger charge is -2.25. The van der Waals surface area contributed by atoms with E-state index in [1.807, 2.05) is 66.7 Å². The Morgan fingerprint density at radius 3 is 2.46 bits per heavy atom. The monoisotopic (exact) mass is 515 g/mol. The molecule has 2 aliphatic rings. The number of fused-ring (bicyclic) bond motifs is 1. The maximum Gasteiger partial charge on any atom is 0.256 e. The van der Waals surface area contributed by atoms with Crippen LogP contribution < -0.4 is 16.0 Å². The van der Waals surface area contributed by atoms with Gasteiger partial charge in [0.2, 0.25) is 5.91 Å². The summed E-state index contributed by atoms with van der Waals surface area (Å²) in [6, 6.07) is 21.7. The van der Waals surface area contributed by atoms with Crippen molar-refractivity contribution in [3.05, 3.63) is 96.5 Å². The van der Waals surface area contributed by atoms with E-state index in [-0.39, 0.29) is 17.7 Å². The first kappa shape index (κ1) is 24.6. The number of hydrogen-bond donors (Lipinski definition) is 3. The smallest absolute Gasteiger partial charge is 0.256 e. The Bertz CT molecular complexity index is 1570. The zero-order chi connectivity index (χ0) is 26.8. The van der Waals surface area contributed by atoms with Crippen molar-refractivity contribution in [1.82, 2.24) is 9.97 Å². The van der Waals surface area contributed by atoms with Crippen LogP contribution in [0.4, 0.5) is 17.1 Å². The molecule has 2 amide bonds. The summed E-state index contributed by atoms with van der Waals surface area (Å²) < 4.78 is 0. The number of nitrogens with one attached hydrogen (secondary N) is 3. The van der Waals surface area contributed by atoms with Gasteiger partial charge in [0.1, 0.15) is 0 Å². The number of aromatic nitrogens is 2. The number of anilines is 3. The zero-order valence-electron chi connectivity index (χ0n) is 21.7. The van der Waals surface area contributed by atoms with Gasteiger partial charge in [-0.05, 0) is 60.7 Å². The fourth-order valence-electron chi connectivity index (χ4n) is 4.85. The van der Waals surface area contributed by atoms with E-state index in [2.05, 4.69) is 32.8 Å². The normalized spacial score (nSPS) is 14.3. The Labute approximate surface area is 227 Å². The van der Waals surface area contributed by atoms with Crippen LogP contribution in [0.25, 0.3) is 28.0 Å². The van der Waals surface area contributed by atoms with Gasteiger partial charge in [0.05, 0.1) is 29.5 Å². The summed E-state index contributed by atoms with van der Waals surface area (Å²) in [6.45, 7) is 2.67. The van der Waals surface area contributed by atoms with E-state index in [9.17, 15) is 9.59 Å². The molecule has 0 radical (unpaired) electrons. The Morgan fingerprint density at radius 2 is 1.72 bits per heavy atom. The molecule has 7 heteroatoms. The SMILES string of the molecule is CCC1=C(C(=O)Nc2ccc(-c3ccccc3)nc2)c2cc(-c3cncc(NC(=O)C4CC4)c3)ccc2NC1. The van der Waals surface area contributed by atoms with Gasteiger partial charge in [-0.2, -0.15) is 0 Å². The quantitative estimate of drug-likeness (QED) is 0.265. The topological polar surface area (TPSA) is 96.0 Å². The minimum absolute atomic E-state index is 0.0457. The predicted octanol–water partition coefficient (Wildman–Crippen LogP) is 6.39. The molecule has 1 fully saturated rings. The lowest BCUT2D eigenvalue weighted by molar-refractivity contribution is -0.117. The molecule has 3 heterocycles. The number of nitrogens with zero attached hydrogens (tertiary/aromatic N) is 2. The predicted molar refractivity (Wildman–Crippen MR) is 155 cm³/mol. The number of rotatable bonds is 7. The van der Waals surface area contributed by atoms with Crippen molar-refractivity contribution in [2.75, 3.05) is 22.5 Å². The Hall–Kier alpha value is -4.78. The van der Waals surface area contributed by atoms with Crippen molar-refractivity contribution in [1.29, 1.82) is 0 Å². The Morgan fingerprint density at radius 1 is 0.872 bits per heavy atom. The lowest BCUT2D eigenvalue weighted by Crippen LogP contribution is -2.22. The van der Waals surface area contributed by atoms with Crippen LogP contribution in [0.2, 0.25) is 0 Å². The molecular formula is C32H29N5O2. The van der Waals surface area contributed by atoms with E-state index in [0.29, 0.717) is 23.5 Å². The molecule has 0 unspecified atom stereocenters. The molecule has 0 bridgehead atoms. The Kier molecular flexibility index (Phi) is 6.63. The standard InChI is InChI=1S/C32H29N5O2/c1-2-20-17-34-29-12-10-23(24-14-26(18-33-16-24)37-31(38)22-8-9-22)15-27(29)30(20)32(39)36-25-11-13-28(35-19-25)21-6-4-3-5-7-21/h3-7,10-16,18-19,22,34H,2,8-9,17H2,1H3,(H,36,39)(H,37,38). The van der Waals surface area contributed by atoms with Gasteiger partial charge in [0.15, 0.2) is 0 Å². The van der Waals surface area contributed by atoms with Gasteiger partial charge in [-0.25, -0.2) is 0 Å². The maximum atomic E-state index is 13.7. The number of pyridine rings is 2. The first-order valence-electron chi connectivity index (χ1n) is 13.3. The summed E-state index contributed by atoms with van der Waals surface area (Å²) in [7, 11) is 0. The molecule has 0 saturated heterocycles. The summed E-state index contributed by atoms with van der Waals surface area (Å²) in [5, 5.41) is 9.47. The van der Waals surface area contributed by atoms with Gasteiger partial charge < -0.3 is 16.0 Å². The molecule has 0 spiro atoms. The summed E-state index contributed by atoms with van der Waals surface area (Å²) in [5.74, 6) is 0.000771. The summed E-state index contributed by atoms with van der Waals surface area (Å²) in [4.78, 5) is 34.8. The van der Waals surface area contributed by atoms with E-state index < -0.39 is 0 Å². The number of carbonyl (C=O) groups is 2. The molecule has 3 N–H and O–H groups in total. The first-order valence-corrected chi connectivity index (χ1v) is 13.3. The maximum absolute atomic E-state index is 13.7. The van der Waals surface area contributed by atoms with Crippen molar-refractivity contribution < 1.29 is 9.59 Å². The van der Waals surface area contributed by atoms with Crippen LogP contribution in [0.1, 0.15) is 31.7 Å². The number of carbonyl (C=O) groups excluding carboxylic acids is 2. The third kappa shape index (κ3) is 5.29. The molecule has 39 heavy (non-hydrogen) atoms. The fourth-order valence-corrected chi connectivity index (χ4v) is 4.85. The van der Waals surface area contributed by atoms with E-state index >= 15 is 0 Å². The lowest BCUT2D eigenvalue weighted by atomic mass is 9.90. The van der Waals surface area contributed by atoms with Gasteiger partial charge in [0, 0.05) is 46.6 Å². The second kappa shape index (κ2) is 10.5. The van der Waals surface area contributed by atoms with Crippen molar-refractivity contribution in [2.45, 2.75) is 26.2 Å². The van der Waals surface area contributed by atoms with Crippen molar-refractivity contribution in [3.63, 3.8) is 0 Å². The van der Waals surface area contributed by atoms with E-state index in [4.69, 9.17) is 0 Å². The minimum atomic E-state index is -0.162.